The number of hydrogen-bond acceptors (Lipinski definition) is 2. The van der Waals surface area contributed by atoms with Crippen LogP contribution in [0.1, 0.15) is 38.2 Å². The Morgan fingerprint density at radius 2 is 2.05 bits per heavy atom. The predicted molar refractivity (Wildman–Crippen MR) is 79.8 cm³/mol. The van der Waals surface area contributed by atoms with E-state index >= 15 is 0 Å². The lowest BCUT2D eigenvalue weighted by Crippen LogP contribution is -2.45. The topological polar surface area (TPSA) is 50.4 Å². The van der Waals surface area contributed by atoms with Crippen LogP contribution in [0.2, 0.25) is 0 Å². The van der Waals surface area contributed by atoms with Crippen LogP contribution in [0.15, 0.2) is 24.3 Å². The van der Waals surface area contributed by atoms with Crippen LogP contribution in [0, 0.1) is 5.92 Å². The van der Waals surface area contributed by atoms with Crippen LogP contribution in [0.5, 0.6) is 5.75 Å². The fraction of sp³-hybridized carbons (Fsp3) is 0.562. The van der Waals surface area contributed by atoms with Gasteiger partial charge in [-0.3, -0.25) is 0 Å². The summed E-state index contributed by atoms with van der Waals surface area (Å²) in [4.78, 5) is 12.0. The Morgan fingerprint density at radius 3 is 2.80 bits per heavy atom. The number of para-hydroxylation sites is 1. The molecule has 1 saturated carbocycles. The molecule has 0 bridgehead atoms. The number of hydrogen-bond donors (Lipinski definition) is 2. The molecular weight excluding hydrogens is 252 g/mol. The standard InChI is InChI=1S/C16H24N2O2/c1-12-7-3-5-9-14(12)18-16(19)17-11-13-8-4-6-10-15(13)20-2/h4,6,8,10,12,14H,3,5,7,9,11H2,1-2H3,(H2,17,18,19). The van der Waals surface area contributed by atoms with Crippen molar-refractivity contribution in [2.45, 2.75) is 45.2 Å². The summed E-state index contributed by atoms with van der Waals surface area (Å²) in [6.45, 7) is 2.70. The molecule has 0 radical (unpaired) electrons. The minimum atomic E-state index is -0.0883. The number of benzene rings is 1. The van der Waals surface area contributed by atoms with E-state index in [9.17, 15) is 4.79 Å². The molecule has 4 heteroatoms. The van der Waals surface area contributed by atoms with Crippen LogP contribution < -0.4 is 15.4 Å². The molecule has 2 amide bonds. The second kappa shape index (κ2) is 7.17. The lowest BCUT2D eigenvalue weighted by Gasteiger charge is -2.29. The van der Waals surface area contributed by atoms with Gasteiger partial charge in [-0.25, -0.2) is 4.79 Å². The average Bonchev–Trinajstić information content (AvgIpc) is 2.48. The van der Waals surface area contributed by atoms with Gasteiger partial charge in [0.15, 0.2) is 0 Å². The van der Waals surface area contributed by atoms with E-state index in [0.29, 0.717) is 18.5 Å². The Hall–Kier alpha value is -1.71. The van der Waals surface area contributed by atoms with Gasteiger partial charge in [0.25, 0.3) is 0 Å². The van der Waals surface area contributed by atoms with Gasteiger partial charge in [0.1, 0.15) is 5.75 Å². The summed E-state index contributed by atoms with van der Waals surface area (Å²) in [5, 5.41) is 6.00. The molecule has 1 aromatic carbocycles. The van der Waals surface area contributed by atoms with E-state index in [2.05, 4.69) is 17.6 Å². The summed E-state index contributed by atoms with van der Waals surface area (Å²) < 4.78 is 5.27. The molecule has 0 spiro atoms. The van der Waals surface area contributed by atoms with E-state index in [-0.39, 0.29) is 6.03 Å². The van der Waals surface area contributed by atoms with Gasteiger partial charge in [0.2, 0.25) is 0 Å². The van der Waals surface area contributed by atoms with Crippen LogP contribution in [-0.4, -0.2) is 19.2 Å². The van der Waals surface area contributed by atoms with Crippen molar-refractivity contribution >= 4 is 6.03 Å². The van der Waals surface area contributed by atoms with Crippen molar-refractivity contribution in [1.82, 2.24) is 10.6 Å². The van der Waals surface area contributed by atoms with E-state index in [4.69, 9.17) is 4.74 Å². The maximum absolute atomic E-state index is 12.0. The predicted octanol–water partition coefficient (Wildman–Crippen LogP) is 3.07. The number of ether oxygens (including phenoxy) is 1. The maximum atomic E-state index is 12.0. The number of urea groups is 1. The number of rotatable bonds is 4. The van der Waals surface area contributed by atoms with Crippen LogP contribution in [-0.2, 0) is 6.54 Å². The molecule has 4 nitrogen and oxygen atoms in total. The normalized spacial score (nSPS) is 22.1. The molecule has 0 aromatic heterocycles. The molecule has 2 rings (SSSR count). The first kappa shape index (κ1) is 14.7. The molecule has 0 heterocycles. The Morgan fingerprint density at radius 1 is 1.30 bits per heavy atom. The zero-order valence-electron chi connectivity index (χ0n) is 12.3. The first-order valence-corrected chi connectivity index (χ1v) is 7.37. The Bertz CT molecular complexity index is 448. The number of methoxy groups -OCH3 is 1. The van der Waals surface area contributed by atoms with Gasteiger partial charge in [-0.05, 0) is 24.8 Å². The van der Waals surface area contributed by atoms with E-state index in [1.54, 1.807) is 7.11 Å². The highest BCUT2D eigenvalue weighted by Crippen LogP contribution is 2.23. The number of carbonyl (C=O) groups excluding carboxylic acids is 1. The smallest absolute Gasteiger partial charge is 0.315 e. The number of carbonyl (C=O) groups is 1. The summed E-state index contributed by atoms with van der Waals surface area (Å²) in [6, 6.07) is 7.95. The third-order valence-corrected chi connectivity index (χ3v) is 4.06. The van der Waals surface area contributed by atoms with E-state index in [0.717, 1.165) is 17.7 Å². The van der Waals surface area contributed by atoms with Gasteiger partial charge >= 0.3 is 6.03 Å². The Kier molecular flexibility index (Phi) is 5.27. The maximum Gasteiger partial charge on any atom is 0.315 e. The van der Waals surface area contributed by atoms with Gasteiger partial charge in [-0.15, -0.1) is 0 Å². The van der Waals surface area contributed by atoms with E-state index in [1.165, 1.54) is 19.3 Å². The molecular formula is C16H24N2O2. The highest BCUT2D eigenvalue weighted by molar-refractivity contribution is 5.74. The lowest BCUT2D eigenvalue weighted by molar-refractivity contribution is 0.221. The van der Waals surface area contributed by atoms with Crippen molar-refractivity contribution in [2.75, 3.05) is 7.11 Å². The third-order valence-electron chi connectivity index (χ3n) is 4.06. The fourth-order valence-corrected chi connectivity index (χ4v) is 2.77. The molecule has 0 aliphatic heterocycles. The summed E-state index contributed by atoms with van der Waals surface area (Å²) in [5.41, 5.74) is 0.988. The average molecular weight is 276 g/mol. The van der Waals surface area contributed by atoms with Gasteiger partial charge in [0.05, 0.1) is 7.11 Å². The van der Waals surface area contributed by atoms with Gasteiger partial charge in [-0.2, -0.15) is 0 Å². The van der Waals surface area contributed by atoms with Crippen LogP contribution in [0.25, 0.3) is 0 Å². The molecule has 1 aliphatic rings. The molecule has 1 aliphatic carbocycles. The molecule has 2 N–H and O–H groups in total. The summed E-state index contributed by atoms with van der Waals surface area (Å²) in [7, 11) is 1.64. The van der Waals surface area contributed by atoms with Crippen molar-refractivity contribution in [3.05, 3.63) is 29.8 Å². The lowest BCUT2D eigenvalue weighted by atomic mass is 9.86. The zero-order chi connectivity index (χ0) is 14.4. The minimum Gasteiger partial charge on any atom is -0.496 e. The van der Waals surface area contributed by atoms with E-state index in [1.807, 2.05) is 24.3 Å². The second-order valence-electron chi connectivity index (χ2n) is 5.51. The highest BCUT2D eigenvalue weighted by Gasteiger charge is 2.22. The van der Waals surface area contributed by atoms with Gasteiger partial charge in [0, 0.05) is 18.2 Å². The molecule has 20 heavy (non-hydrogen) atoms. The van der Waals surface area contributed by atoms with Crippen molar-refractivity contribution < 1.29 is 9.53 Å². The Balaban J connectivity index is 1.82. The van der Waals surface area contributed by atoms with Crippen molar-refractivity contribution in [3.63, 3.8) is 0 Å². The highest BCUT2D eigenvalue weighted by atomic mass is 16.5. The van der Waals surface area contributed by atoms with Gasteiger partial charge < -0.3 is 15.4 Å². The molecule has 1 fully saturated rings. The molecule has 0 saturated heterocycles. The van der Waals surface area contributed by atoms with Crippen LogP contribution >= 0.6 is 0 Å². The number of amides is 2. The second-order valence-corrected chi connectivity index (χ2v) is 5.51. The zero-order valence-corrected chi connectivity index (χ0v) is 12.3. The largest absolute Gasteiger partial charge is 0.496 e. The minimum absolute atomic E-state index is 0.0883. The first-order valence-electron chi connectivity index (χ1n) is 7.37. The van der Waals surface area contributed by atoms with Crippen LogP contribution in [0.3, 0.4) is 0 Å². The van der Waals surface area contributed by atoms with Crippen molar-refractivity contribution in [1.29, 1.82) is 0 Å². The fourth-order valence-electron chi connectivity index (χ4n) is 2.77. The Labute approximate surface area is 120 Å². The number of nitrogens with one attached hydrogen (secondary N) is 2. The van der Waals surface area contributed by atoms with Crippen molar-refractivity contribution in [2.24, 2.45) is 5.92 Å². The quantitative estimate of drug-likeness (QED) is 0.888. The van der Waals surface area contributed by atoms with Crippen LogP contribution in [0.4, 0.5) is 4.79 Å². The molecule has 2 unspecified atom stereocenters. The van der Waals surface area contributed by atoms with Crippen molar-refractivity contribution in [3.8, 4) is 5.75 Å². The molecule has 2 atom stereocenters. The first-order chi connectivity index (χ1) is 9.70. The monoisotopic (exact) mass is 276 g/mol. The van der Waals surface area contributed by atoms with Gasteiger partial charge in [-0.1, -0.05) is 38.0 Å². The summed E-state index contributed by atoms with van der Waals surface area (Å²) in [5.74, 6) is 1.37. The summed E-state index contributed by atoms with van der Waals surface area (Å²) in [6.07, 6.45) is 4.78. The van der Waals surface area contributed by atoms with E-state index < -0.39 is 0 Å². The SMILES string of the molecule is COc1ccccc1CNC(=O)NC1CCCCC1C. The summed E-state index contributed by atoms with van der Waals surface area (Å²) >= 11 is 0. The third kappa shape index (κ3) is 3.89. The molecule has 110 valence electrons. The molecule has 1 aromatic rings.